The van der Waals surface area contributed by atoms with Crippen LogP contribution in [0.2, 0.25) is 0 Å². The Morgan fingerprint density at radius 3 is 2.46 bits per heavy atom. The lowest BCUT2D eigenvalue weighted by atomic mass is 10.2. The number of nitrogens with one attached hydrogen (secondary N) is 2. The van der Waals surface area contributed by atoms with Gasteiger partial charge in [0.1, 0.15) is 5.69 Å². The van der Waals surface area contributed by atoms with Crippen LogP contribution in [0, 0.1) is 0 Å². The number of aromatic nitrogens is 1. The summed E-state index contributed by atoms with van der Waals surface area (Å²) in [6.45, 7) is 2.88. The van der Waals surface area contributed by atoms with Gasteiger partial charge < -0.3 is 15.2 Å². The summed E-state index contributed by atoms with van der Waals surface area (Å²) in [5.74, 6) is -0.0455. The van der Waals surface area contributed by atoms with Gasteiger partial charge in [0, 0.05) is 41.6 Å². The van der Waals surface area contributed by atoms with Crippen LogP contribution in [-0.2, 0) is 4.79 Å². The Bertz CT molecular complexity index is 975. The Labute approximate surface area is 171 Å². The summed E-state index contributed by atoms with van der Waals surface area (Å²) in [6, 6.07) is 17.3. The predicted octanol–water partition coefficient (Wildman–Crippen LogP) is 3.33. The molecule has 0 saturated carbocycles. The number of benzene rings is 2. The smallest absolute Gasteiger partial charge is 0.270 e. The molecule has 1 aliphatic rings. The molecule has 3 aromatic rings. The summed E-state index contributed by atoms with van der Waals surface area (Å²) >= 11 is 3.43. The molecule has 1 saturated heterocycles. The lowest BCUT2D eigenvalue weighted by molar-refractivity contribution is -0.117. The van der Waals surface area contributed by atoms with Crippen molar-refractivity contribution in [2.45, 2.75) is 0 Å². The molecular weight excluding hydrogens is 420 g/mol. The summed E-state index contributed by atoms with van der Waals surface area (Å²) in [5, 5.41) is 3.95. The van der Waals surface area contributed by atoms with E-state index in [0.29, 0.717) is 38.4 Å². The fraction of sp³-hybridized carbons (Fsp3) is 0.238. The number of amides is 2. The first kappa shape index (κ1) is 18.7. The number of para-hydroxylation sites is 2. The maximum absolute atomic E-state index is 12.8. The lowest BCUT2D eigenvalue weighted by Crippen LogP contribution is -2.50. The van der Waals surface area contributed by atoms with Gasteiger partial charge in [-0.1, -0.05) is 30.3 Å². The van der Waals surface area contributed by atoms with E-state index in [0.717, 1.165) is 21.1 Å². The van der Waals surface area contributed by atoms with Crippen LogP contribution in [-0.4, -0.2) is 59.3 Å². The van der Waals surface area contributed by atoms with Gasteiger partial charge in [0.05, 0.1) is 12.2 Å². The van der Waals surface area contributed by atoms with Crippen LogP contribution in [0.15, 0.2) is 59.1 Å². The number of halogens is 1. The molecule has 0 atom stereocenters. The molecule has 6 nitrogen and oxygen atoms in total. The number of carbonyl (C=O) groups excluding carboxylic acids is 2. The molecule has 28 heavy (non-hydrogen) atoms. The zero-order chi connectivity index (χ0) is 19.5. The van der Waals surface area contributed by atoms with Crippen molar-refractivity contribution in [3.63, 3.8) is 0 Å². The normalized spacial score (nSPS) is 15.0. The van der Waals surface area contributed by atoms with E-state index in [-0.39, 0.29) is 11.8 Å². The minimum absolute atomic E-state index is 0.00789. The Hall–Kier alpha value is -2.64. The van der Waals surface area contributed by atoms with Crippen LogP contribution in [0.5, 0.6) is 0 Å². The van der Waals surface area contributed by atoms with Crippen molar-refractivity contribution in [3.05, 3.63) is 64.8 Å². The third-order valence-electron chi connectivity index (χ3n) is 4.94. The highest BCUT2D eigenvalue weighted by atomic mass is 79.9. The van der Waals surface area contributed by atoms with Crippen molar-refractivity contribution >= 4 is 44.3 Å². The van der Waals surface area contributed by atoms with E-state index < -0.39 is 0 Å². The van der Waals surface area contributed by atoms with E-state index in [1.54, 1.807) is 0 Å². The Balaban J connectivity index is 1.31. The molecule has 1 aromatic heterocycles. The van der Waals surface area contributed by atoms with Gasteiger partial charge in [-0.3, -0.25) is 14.5 Å². The third kappa shape index (κ3) is 4.10. The number of fused-ring (bicyclic) bond motifs is 1. The molecule has 2 heterocycles. The molecule has 0 radical (unpaired) electrons. The van der Waals surface area contributed by atoms with Gasteiger partial charge in [0.15, 0.2) is 0 Å². The fourth-order valence-corrected chi connectivity index (χ4v) is 3.81. The van der Waals surface area contributed by atoms with Crippen LogP contribution >= 0.6 is 15.9 Å². The zero-order valence-corrected chi connectivity index (χ0v) is 16.9. The number of rotatable bonds is 4. The SMILES string of the molecule is O=C(CN1CCN(C(=O)c2cc3ccccc3[nH]2)CC1)Nc1ccccc1Br. The summed E-state index contributed by atoms with van der Waals surface area (Å²) in [7, 11) is 0. The van der Waals surface area contributed by atoms with Crippen LogP contribution in [0.1, 0.15) is 10.5 Å². The van der Waals surface area contributed by atoms with Crippen molar-refractivity contribution in [3.8, 4) is 0 Å². The summed E-state index contributed by atoms with van der Waals surface area (Å²) < 4.78 is 0.858. The zero-order valence-electron chi connectivity index (χ0n) is 15.3. The third-order valence-corrected chi connectivity index (χ3v) is 5.63. The second-order valence-corrected chi connectivity index (χ2v) is 7.72. The first-order valence-electron chi connectivity index (χ1n) is 9.24. The van der Waals surface area contributed by atoms with Gasteiger partial charge in [-0.05, 0) is 40.2 Å². The molecule has 2 N–H and O–H groups in total. The van der Waals surface area contributed by atoms with Crippen LogP contribution in [0.4, 0.5) is 5.69 Å². The second-order valence-electron chi connectivity index (χ2n) is 6.87. The van der Waals surface area contributed by atoms with E-state index in [9.17, 15) is 9.59 Å². The molecule has 0 aliphatic carbocycles. The first-order valence-corrected chi connectivity index (χ1v) is 10.0. The lowest BCUT2D eigenvalue weighted by Gasteiger charge is -2.34. The Morgan fingerprint density at radius 1 is 1.00 bits per heavy atom. The van der Waals surface area contributed by atoms with Gasteiger partial charge in [-0.15, -0.1) is 0 Å². The largest absolute Gasteiger partial charge is 0.351 e. The van der Waals surface area contributed by atoms with Crippen LogP contribution < -0.4 is 5.32 Å². The van der Waals surface area contributed by atoms with E-state index in [4.69, 9.17) is 0 Å². The number of nitrogens with zero attached hydrogens (tertiary/aromatic N) is 2. The van der Waals surface area contributed by atoms with Crippen molar-refractivity contribution < 1.29 is 9.59 Å². The fourth-order valence-electron chi connectivity index (χ4n) is 3.42. The first-order chi connectivity index (χ1) is 13.6. The number of hydrogen-bond donors (Lipinski definition) is 2. The van der Waals surface area contributed by atoms with Crippen LogP contribution in [0.3, 0.4) is 0 Å². The maximum Gasteiger partial charge on any atom is 0.270 e. The topological polar surface area (TPSA) is 68.4 Å². The maximum atomic E-state index is 12.8. The number of H-pyrrole nitrogens is 1. The van der Waals surface area contributed by atoms with Crippen molar-refractivity contribution in [2.75, 3.05) is 38.0 Å². The monoisotopic (exact) mass is 440 g/mol. The quantitative estimate of drug-likeness (QED) is 0.653. The molecule has 0 unspecified atom stereocenters. The van der Waals surface area contributed by atoms with E-state index in [2.05, 4.69) is 31.1 Å². The van der Waals surface area contributed by atoms with E-state index in [1.165, 1.54) is 0 Å². The Morgan fingerprint density at radius 2 is 1.71 bits per heavy atom. The standard InChI is InChI=1S/C21H21BrN4O2/c22-16-6-2-4-8-18(16)24-20(27)14-25-9-11-26(12-10-25)21(28)19-13-15-5-1-3-7-17(15)23-19/h1-8,13,23H,9-12,14H2,(H,24,27). The number of carbonyl (C=O) groups is 2. The van der Waals surface area contributed by atoms with Gasteiger partial charge in [0.2, 0.25) is 5.91 Å². The second kappa shape index (κ2) is 8.16. The predicted molar refractivity (Wildman–Crippen MR) is 113 cm³/mol. The average molecular weight is 441 g/mol. The number of anilines is 1. The van der Waals surface area contributed by atoms with Gasteiger partial charge in [-0.2, -0.15) is 0 Å². The molecule has 2 aromatic carbocycles. The Kier molecular flexibility index (Phi) is 5.45. The van der Waals surface area contributed by atoms with Crippen molar-refractivity contribution in [1.82, 2.24) is 14.8 Å². The van der Waals surface area contributed by atoms with Gasteiger partial charge in [-0.25, -0.2) is 0 Å². The molecule has 1 aliphatic heterocycles. The van der Waals surface area contributed by atoms with Crippen molar-refractivity contribution in [2.24, 2.45) is 0 Å². The molecule has 2 amide bonds. The molecule has 4 rings (SSSR count). The number of aromatic amines is 1. The van der Waals surface area contributed by atoms with Gasteiger partial charge >= 0.3 is 0 Å². The van der Waals surface area contributed by atoms with Crippen molar-refractivity contribution in [1.29, 1.82) is 0 Å². The number of hydrogen-bond acceptors (Lipinski definition) is 3. The highest BCUT2D eigenvalue weighted by Crippen LogP contribution is 2.21. The number of piperazine rings is 1. The minimum Gasteiger partial charge on any atom is -0.351 e. The highest BCUT2D eigenvalue weighted by Gasteiger charge is 2.24. The minimum atomic E-state index is -0.0534. The molecule has 1 fully saturated rings. The summed E-state index contributed by atoms with van der Waals surface area (Å²) in [4.78, 5) is 32.2. The van der Waals surface area contributed by atoms with E-state index in [1.807, 2.05) is 59.5 Å². The summed E-state index contributed by atoms with van der Waals surface area (Å²) in [5.41, 5.74) is 2.34. The molecule has 0 spiro atoms. The van der Waals surface area contributed by atoms with E-state index >= 15 is 0 Å². The summed E-state index contributed by atoms with van der Waals surface area (Å²) in [6.07, 6.45) is 0. The molecule has 0 bridgehead atoms. The molecular formula is C21H21BrN4O2. The van der Waals surface area contributed by atoms with Crippen LogP contribution in [0.25, 0.3) is 10.9 Å². The van der Waals surface area contributed by atoms with Gasteiger partial charge in [0.25, 0.3) is 5.91 Å². The highest BCUT2D eigenvalue weighted by molar-refractivity contribution is 9.10. The molecule has 144 valence electrons. The molecule has 7 heteroatoms. The average Bonchev–Trinajstić information content (AvgIpc) is 3.14.